The molecule has 0 heterocycles. The molecule has 2 N–H and O–H groups in total. The second-order valence-corrected chi connectivity index (χ2v) is 2.96. The molecule has 0 aliphatic rings. The van der Waals surface area contributed by atoms with Crippen LogP contribution in [0.4, 0.5) is 0 Å². The fraction of sp³-hybridized carbons (Fsp3) is 1.00. The van der Waals surface area contributed by atoms with Gasteiger partial charge in [-0.25, -0.2) is 0 Å². The molecule has 1 radical (unpaired) electrons. The van der Waals surface area contributed by atoms with Crippen LogP contribution in [0.3, 0.4) is 0 Å². The summed E-state index contributed by atoms with van der Waals surface area (Å²) >= 11 is 0. The van der Waals surface area contributed by atoms with Gasteiger partial charge in [0.1, 0.15) is 0 Å². The van der Waals surface area contributed by atoms with E-state index in [0.29, 0.717) is 0 Å². The molecule has 0 aliphatic carbocycles. The van der Waals surface area contributed by atoms with Crippen molar-refractivity contribution in [2.45, 2.75) is 45.8 Å². The van der Waals surface area contributed by atoms with Gasteiger partial charge in [0.2, 0.25) is 0 Å². The molecule has 11 heavy (non-hydrogen) atoms. The summed E-state index contributed by atoms with van der Waals surface area (Å²) in [6.45, 7) is 5.60. The number of aliphatic hydroxyl groups excluding tert-OH is 2. The maximum absolute atomic E-state index is 9.33. The van der Waals surface area contributed by atoms with Gasteiger partial charge in [-0.15, -0.1) is 0 Å². The zero-order valence-corrected chi connectivity index (χ0v) is 9.42. The van der Waals surface area contributed by atoms with Crippen molar-refractivity contribution >= 4 is 0 Å². The molecule has 0 rings (SSSR count). The van der Waals surface area contributed by atoms with Gasteiger partial charge in [-0.2, -0.15) is 0 Å². The fourth-order valence-electron chi connectivity index (χ4n) is 0.880. The molecule has 0 aromatic carbocycles. The van der Waals surface area contributed by atoms with E-state index in [2.05, 4.69) is 0 Å². The fourth-order valence-corrected chi connectivity index (χ4v) is 0.880. The maximum Gasteiger partial charge on any atom is 0.0590 e. The molecular weight excluding hydrogens is 173 g/mol. The molecule has 0 saturated carbocycles. The number of hydrogen-bond acceptors (Lipinski definition) is 2. The summed E-state index contributed by atoms with van der Waals surface area (Å²) < 4.78 is 0. The Bertz CT molecular complexity index is 86.2. The second-order valence-electron chi connectivity index (χ2n) is 2.96. The first kappa shape index (κ1) is 14.3. The number of hydrogen-bond donors (Lipinski definition) is 2. The first-order valence-corrected chi connectivity index (χ1v) is 3.95. The van der Waals surface area contributed by atoms with Crippen LogP contribution in [0, 0.1) is 5.92 Å². The van der Waals surface area contributed by atoms with Gasteiger partial charge in [-0.05, 0) is 13.3 Å². The topological polar surface area (TPSA) is 40.5 Å². The van der Waals surface area contributed by atoms with Crippen molar-refractivity contribution in [2.75, 3.05) is 0 Å². The molecule has 0 saturated heterocycles. The molecular formula is C8H18O2Sc. The average Bonchev–Trinajstić information content (AvgIpc) is 1.87. The summed E-state index contributed by atoms with van der Waals surface area (Å²) in [5.41, 5.74) is 0. The Hall–Kier alpha value is 0.790. The van der Waals surface area contributed by atoms with E-state index in [1.807, 2.05) is 13.8 Å². The van der Waals surface area contributed by atoms with Crippen molar-refractivity contribution in [3.63, 3.8) is 0 Å². The molecule has 3 atom stereocenters. The van der Waals surface area contributed by atoms with Gasteiger partial charge in [0.15, 0.2) is 0 Å². The van der Waals surface area contributed by atoms with Crippen LogP contribution >= 0.6 is 0 Å². The van der Waals surface area contributed by atoms with E-state index in [1.165, 1.54) is 0 Å². The minimum atomic E-state index is -0.401. The summed E-state index contributed by atoms with van der Waals surface area (Å²) in [6, 6.07) is 0. The third kappa shape index (κ3) is 6.00. The van der Waals surface area contributed by atoms with Crippen LogP contribution < -0.4 is 0 Å². The van der Waals surface area contributed by atoms with Crippen LogP contribution in [-0.2, 0) is 25.8 Å². The van der Waals surface area contributed by atoms with Crippen LogP contribution in [0.1, 0.15) is 33.6 Å². The van der Waals surface area contributed by atoms with Crippen molar-refractivity contribution in [2.24, 2.45) is 5.92 Å². The molecule has 0 aromatic heterocycles. The van der Waals surface area contributed by atoms with Gasteiger partial charge in [-0.1, -0.05) is 20.3 Å². The Balaban J connectivity index is 0. The molecule has 3 unspecified atom stereocenters. The molecule has 0 fully saturated rings. The van der Waals surface area contributed by atoms with Crippen LogP contribution in [0.15, 0.2) is 0 Å². The van der Waals surface area contributed by atoms with Crippen molar-refractivity contribution in [3.8, 4) is 0 Å². The van der Waals surface area contributed by atoms with Gasteiger partial charge in [0, 0.05) is 31.8 Å². The minimum absolute atomic E-state index is 0. The molecule has 2 nitrogen and oxygen atoms in total. The summed E-state index contributed by atoms with van der Waals surface area (Å²) in [5, 5.41) is 18.4. The molecule has 0 amide bonds. The standard InChI is InChI=1S/C8H18O2.Sc/c1-4-5-8(10)6(2)7(3)9;/h6-10H,4-5H2,1-3H3;. The normalized spacial score (nSPS) is 18.3. The molecule has 0 aliphatic heterocycles. The van der Waals surface area contributed by atoms with Crippen molar-refractivity contribution in [1.29, 1.82) is 0 Å². The van der Waals surface area contributed by atoms with Gasteiger partial charge in [0.05, 0.1) is 12.2 Å². The van der Waals surface area contributed by atoms with E-state index in [1.54, 1.807) is 6.92 Å². The van der Waals surface area contributed by atoms with E-state index >= 15 is 0 Å². The van der Waals surface area contributed by atoms with Gasteiger partial charge < -0.3 is 10.2 Å². The van der Waals surface area contributed by atoms with Crippen molar-refractivity contribution < 1.29 is 36.1 Å². The van der Waals surface area contributed by atoms with Crippen molar-refractivity contribution in [1.82, 2.24) is 0 Å². The van der Waals surface area contributed by atoms with Gasteiger partial charge >= 0.3 is 0 Å². The Morgan fingerprint density at radius 1 is 1.18 bits per heavy atom. The second kappa shape index (κ2) is 7.44. The summed E-state index contributed by atoms with van der Waals surface area (Å²) in [7, 11) is 0. The smallest absolute Gasteiger partial charge is 0.0590 e. The summed E-state index contributed by atoms with van der Waals surface area (Å²) in [6.07, 6.45) is 1.01. The Labute approximate surface area is 87.8 Å². The zero-order valence-electron chi connectivity index (χ0n) is 7.62. The first-order chi connectivity index (χ1) is 4.59. The Morgan fingerprint density at radius 2 is 1.64 bits per heavy atom. The molecule has 65 valence electrons. The van der Waals surface area contributed by atoms with Gasteiger partial charge in [-0.3, -0.25) is 0 Å². The Kier molecular flexibility index (Phi) is 9.69. The largest absolute Gasteiger partial charge is 0.393 e. The van der Waals surface area contributed by atoms with Crippen molar-refractivity contribution in [3.05, 3.63) is 0 Å². The molecule has 0 spiro atoms. The quantitative estimate of drug-likeness (QED) is 0.700. The molecule has 0 bridgehead atoms. The van der Waals surface area contributed by atoms with E-state index in [0.717, 1.165) is 12.8 Å². The van der Waals surface area contributed by atoms with E-state index < -0.39 is 6.10 Å². The number of aliphatic hydroxyl groups is 2. The van der Waals surface area contributed by atoms with E-state index in [9.17, 15) is 5.11 Å². The van der Waals surface area contributed by atoms with E-state index in [4.69, 9.17) is 5.11 Å². The maximum atomic E-state index is 9.33. The van der Waals surface area contributed by atoms with Crippen LogP contribution in [0.2, 0.25) is 0 Å². The predicted molar refractivity (Wildman–Crippen MR) is 41.8 cm³/mol. The van der Waals surface area contributed by atoms with Crippen LogP contribution in [-0.4, -0.2) is 22.4 Å². The SMILES string of the molecule is CCCC(O)C(C)C(C)O.[Sc]. The summed E-state index contributed by atoms with van der Waals surface area (Å²) in [5.74, 6) is -0.0000463. The summed E-state index contributed by atoms with van der Waals surface area (Å²) in [4.78, 5) is 0. The predicted octanol–water partition coefficient (Wildman–Crippen LogP) is 1.16. The van der Waals surface area contributed by atoms with Gasteiger partial charge in [0.25, 0.3) is 0 Å². The van der Waals surface area contributed by atoms with E-state index in [-0.39, 0.29) is 37.9 Å². The zero-order chi connectivity index (χ0) is 8.15. The third-order valence-electron chi connectivity index (χ3n) is 1.95. The monoisotopic (exact) mass is 191 g/mol. The average molecular weight is 191 g/mol. The minimum Gasteiger partial charge on any atom is -0.393 e. The molecule has 3 heteroatoms. The van der Waals surface area contributed by atoms with Crippen LogP contribution in [0.25, 0.3) is 0 Å². The van der Waals surface area contributed by atoms with Crippen LogP contribution in [0.5, 0.6) is 0 Å². The Morgan fingerprint density at radius 3 is 1.91 bits per heavy atom. The molecule has 0 aromatic rings. The third-order valence-corrected chi connectivity index (χ3v) is 1.95. The first-order valence-electron chi connectivity index (χ1n) is 3.95. The number of rotatable bonds is 4.